The van der Waals surface area contributed by atoms with E-state index in [-0.39, 0.29) is 16.1 Å². The summed E-state index contributed by atoms with van der Waals surface area (Å²) in [6, 6.07) is 15.7. The molecule has 0 bridgehead atoms. The van der Waals surface area contributed by atoms with Crippen molar-refractivity contribution in [3.05, 3.63) is 71.2 Å². The standard InChI is InChI=1S/C17H12ClNO4S/c18-13-8-3-5-11-6-4-10-15(16(11)13)24(22,23)19-14-9-2-1-7-12(14)17(20)21/h1-10,19H,(H,20,21). The van der Waals surface area contributed by atoms with Gasteiger partial charge >= 0.3 is 5.97 Å². The van der Waals surface area contributed by atoms with Crippen molar-refractivity contribution in [1.29, 1.82) is 0 Å². The monoisotopic (exact) mass is 361 g/mol. The fourth-order valence-corrected chi connectivity index (χ4v) is 4.12. The first kappa shape index (κ1) is 16.3. The summed E-state index contributed by atoms with van der Waals surface area (Å²) in [5.41, 5.74) is -0.138. The summed E-state index contributed by atoms with van der Waals surface area (Å²) < 4.78 is 27.9. The lowest BCUT2D eigenvalue weighted by atomic mass is 10.1. The zero-order valence-corrected chi connectivity index (χ0v) is 13.8. The van der Waals surface area contributed by atoms with Gasteiger partial charge in [-0.2, -0.15) is 0 Å². The van der Waals surface area contributed by atoms with Gasteiger partial charge in [-0.25, -0.2) is 13.2 Å². The number of rotatable bonds is 4. The fraction of sp³-hybridized carbons (Fsp3) is 0. The molecule has 3 rings (SSSR count). The third-order valence-corrected chi connectivity index (χ3v) is 5.23. The number of carboxylic acid groups (broad SMARTS) is 1. The second-order valence-corrected chi connectivity index (χ2v) is 7.11. The van der Waals surface area contributed by atoms with E-state index in [1.54, 1.807) is 36.4 Å². The molecule has 0 unspecified atom stereocenters. The van der Waals surface area contributed by atoms with Crippen molar-refractivity contribution >= 4 is 44.1 Å². The van der Waals surface area contributed by atoms with Crippen LogP contribution in [0, 0.1) is 0 Å². The molecule has 3 aromatic rings. The Kier molecular flexibility index (Phi) is 4.17. The average Bonchev–Trinajstić information content (AvgIpc) is 2.54. The summed E-state index contributed by atoms with van der Waals surface area (Å²) in [7, 11) is -4.02. The highest BCUT2D eigenvalue weighted by Gasteiger charge is 2.21. The largest absolute Gasteiger partial charge is 0.478 e. The Bertz CT molecular complexity index is 1040. The summed E-state index contributed by atoms with van der Waals surface area (Å²) in [6.07, 6.45) is 0. The Balaban J connectivity index is 2.15. The van der Waals surface area contributed by atoms with Crippen LogP contribution in [0.4, 0.5) is 5.69 Å². The van der Waals surface area contributed by atoms with Crippen LogP contribution in [0.25, 0.3) is 10.8 Å². The number of hydrogen-bond donors (Lipinski definition) is 2. The van der Waals surface area contributed by atoms with Gasteiger partial charge in [-0.3, -0.25) is 4.72 Å². The van der Waals surface area contributed by atoms with Gasteiger partial charge in [0.15, 0.2) is 0 Å². The van der Waals surface area contributed by atoms with Gasteiger partial charge in [-0.1, -0.05) is 48.0 Å². The van der Waals surface area contributed by atoms with Gasteiger partial charge < -0.3 is 5.11 Å². The number of para-hydroxylation sites is 1. The number of aromatic carboxylic acids is 1. The van der Waals surface area contributed by atoms with Crippen molar-refractivity contribution in [2.45, 2.75) is 4.90 Å². The second kappa shape index (κ2) is 6.14. The van der Waals surface area contributed by atoms with Crippen LogP contribution in [0.5, 0.6) is 0 Å². The Hall–Kier alpha value is -2.57. The molecule has 24 heavy (non-hydrogen) atoms. The highest BCUT2D eigenvalue weighted by atomic mass is 35.5. The first-order valence-electron chi connectivity index (χ1n) is 6.92. The maximum atomic E-state index is 12.8. The van der Waals surface area contributed by atoms with E-state index in [2.05, 4.69) is 4.72 Å². The molecule has 0 atom stereocenters. The smallest absolute Gasteiger partial charge is 0.337 e. The van der Waals surface area contributed by atoms with Crippen molar-refractivity contribution < 1.29 is 18.3 Å². The van der Waals surface area contributed by atoms with E-state index in [0.717, 1.165) is 0 Å². The molecule has 0 saturated heterocycles. The van der Waals surface area contributed by atoms with Crippen LogP contribution in [0.2, 0.25) is 5.02 Å². The minimum atomic E-state index is -4.02. The molecule has 0 amide bonds. The zero-order valence-electron chi connectivity index (χ0n) is 12.2. The Labute approximate surface area is 143 Å². The van der Waals surface area contributed by atoms with Crippen LogP contribution in [0.15, 0.2) is 65.6 Å². The van der Waals surface area contributed by atoms with Gasteiger partial charge in [0.25, 0.3) is 10.0 Å². The van der Waals surface area contributed by atoms with E-state index in [9.17, 15) is 18.3 Å². The maximum Gasteiger partial charge on any atom is 0.337 e. The average molecular weight is 362 g/mol. The van der Waals surface area contributed by atoms with Crippen LogP contribution < -0.4 is 4.72 Å². The zero-order chi connectivity index (χ0) is 17.3. The Morgan fingerprint density at radius 3 is 2.33 bits per heavy atom. The molecule has 0 radical (unpaired) electrons. The third kappa shape index (κ3) is 2.93. The van der Waals surface area contributed by atoms with Crippen LogP contribution in [0.1, 0.15) is 10.4 Å². The van der Waals surface area contributed by atoms with Crippen molar-refractivity contribution in [2.24, 2.45) is 0 Å². The highest BCUT2D eigenvalue weighted by Crippen LogP contribution is 2.31. The summed E-state index contributed by atoms with van der Waals surface area (Å²) in [5, 5.41) is 10.6. The normalized spacial score (nSPS) is 11.4. The van der Waals surface area contributed by atoms with E-state index in [1.807, 2.05) is 0 Å². The molecule has 0 aromatic heterocycles. The number of fused-ring (bicyclic) bond motifs is 1. The summed E-state index contributed by atoms with van der Waals surface area (Å²) >= 11 is 6.17. The minimum Gasteiger partial charge on any atom is -0.478 e. The van der Waals surface area contributed by atoms with Crippen LogP contribution in [-0.2, 0) is 10.0 Å². The van der Waals surface area contributed by atoms with E-state index >= 15 is 0 Å². The van der Waals surface area contributed by atoms with Gasteiger partial charge in [0, 0.05) is 10.4 Å². The number of benzene rings is 3. The molecule has 5 nitrogen and oxygen atoms in total. The molecule has 0 fully saturated rings. The lowest BCUT2D eigenvalue weighted by Gasteiger charge is -2.13. The van der Waals surface area contributed by atoms with E-state index in [0.29, 0.717) is 15.8 Å². The molecular weight excluding hydrogens is 350 g/mol. The predicted molar refractivity (Wildman–Crippen MR) is 93.2 cm³/mol. The maximum absolute atomic E-state index is 12.8. The summed E-state index contributed by atoms with van der Waals surface area (Å²) in [5.74, 6) is -1.22. The van der Waals surface area contributed by atoms with Crippen molar-refractivity contribution in [3.63, 3.8) is 0 Å². The minimum absolute atomic E-state index is 0.00550. The molecule has 0 saturated carbocycles. The molecule has 2 N–H and O–H groups in total. The van der Waals surface area contributed by atoms with E-state index in [1.165, 1.54) is 24.3 Å². The SMILES string of the molecule is O=C(O)c1ccccc1NS(=O)(=O)c1cccc2cccc(Cl)c12. The first-order valence-corrected chi connectivity index (χ1v) is 8.78. The van der Waals surface area contributed by atoms with Crippen LogP contribution in [-0.4, -0.2) is 19.5 Å². The number of sulfonamides is 1. The molecule has 0 aliphatic heterocycles. The third-order valence-electron chi connectivity index (χ3n) is 3.51. The Morgan fingerprint density at radius 1 is 0.958 bits per heavy atom. The summed E-state index contributed by atoms with van der Waals surface area (Å²) in [4.78, 5) is 11.2. The Morgan fingerprint density at radius 2 is 1.62 bits per heavy atom. The molecule has 0 heterocycles. The number of nitrogens with one attached hydrogen (secondary N) is 1. The van der Waals surface area contributed by atoms with Crippen molar-refractivity contribution in [2.75, 3.05) is 4.72 Å². The van der Waals surface area contributed by atoms with Crippen LogP contribution in [0.3, 0.4) is 0 Å². The lowest BCUT2D eigenvalue weighted by molar-refractivity contribution is 0.0698. The molecule has 122 valence electrons. The highest BCUT2D eigenvalue weighted by molar-refractivity contribution is 7.93. The van der Waals surface area contributed by atoms with Crippen molar-refractivity contribution in [1.82, 2.24) is 0 Å². The molecule has 3 aromatic carbocycles. The van der Waals surface area contributed by atoms with Gasteiger partial charge in [0.1, 0.15) is 0 Å². The molecule has 7 heteroatoms. The molecule has 0 aliphatic carbocycles. The number of halogens is 1. The number of anilines is 1. The quantitative estimate of drug-likeness (QED) is 0.735. The first-order chi connectivity index (χ1) is 11.4. The van der Waals surface area contributed by atoms with Gasteiger partial charge in [-0.05, 0) is 29.7 Å². The molecular formula is C17H12ClNO4S. The van der Waals surface area contributed by atoms with Crippen LogP contribution >= 0.6 is 11.6 Å². The lowest BCUT2D eigenvalue weighted by Crippen LogP contribution is -2.16. The molecule has 0 aliphatic rings. The molecule has 0 spiro atoms. The summed E-state index contributed by atoms with van der Waals surface area (Å²) in [6.45, 7) is 0. The van der Waals surface area contributed by atoms with E-state index < -0.39 is 16.0 Å². The number of carbonyl (C=O) groups is 1. The van der Waals surface area contributed by atoms with Crippen molar-refractivity contribution in [3.8, 4) is 0 Å². The predicted octanol–water partition coefficient (Wildman–Crippen LogP) is 3.99. The number of hydrogen-bond acceptors (Lipinski definition) is 3. The van der Waals surface area contributed by atoms with Gasteiger partial charge in [0.05, 0.1) is 16.1 Å². The number of carboxylic acids is 1. The van der Waals surface area contributed by atoms with Gasteiger partial charge in [-0.15, -0.1) is 0 Å². The fourth-order valence-electron chi connectivity index (χ4n) is 2.44. The van der Waals surface area contributed by atoms with E-state index in [4.69, 9.17) is 11.6 Å². The topological polar surface area (TPSA) is 83.5 Å². The second-order valence-electron chi connectivity index (χ2n) is 5.05. The van der Waals surface area contributed by atoms with Gasteiger partial charge in [0.2, 0.25) is 0 Å².